The van der Waals surface area contributed by atoms with Crippen LogP contribution >= 0.6 is 11.3 Å². The quantitative estimate of drug-likeness (QED) is 0.672. The number of ether oxygens (including phenoxy) is 2. The summed E-state index contributed by atoms with van der Waals surface area (Å²) in [5.74, 6) is -1.44. The van der Waals surface area contributed by atoms with Crippen LogP contribution in [-0.2, 0) is 25.5 Å². The molecule has 1 amide bonds. The number of fused-ring (bicyclic) bond motifs is 1. The molecular weight excluding hydrogens is 374 g/mol. The molecule has 2 heterocycles. The highest BCUT2D eigenvalue weighted by molar-refractivity contribution is 7.20. The summed E-state index contributed by atoms with van der Waals surface area (Å²) < 4.78 is 9.70. The van der Waals surface area contributed by atoms with Crippen molar-refractivity contribution in [3.05, 3.63) is 26.6 Å². The third kappa shape index (κ3) is 4.91. The van der Waals surface area contributed by atoms with Crippen LogP contribution < -0.4 is 10.9 Å². The molecule has 0 spiro atoms. The Hall–Kier alpha value is -2.75. The average Bonchev–Trinajstić information content (AvgIpc) is 2.97. The summed E-state index contributed by atoms with van der Waals surface area (Å²) in [6.07, 6.45) is 0.396. The zero-order valence-corrected chi connectivity index (χ0v) is 16.3. The van der Waals surface area contributed by atoms with Gasteiger partial charge in [-0.2, -0.15) is 0 Å². The van der Waals surface area contributed by atoms with E-state index in [2.05, 4.69) is 15.3 Å². The molecule has 0 aliphatic heterocycles. The van der Waals surface area contributed by atoms with E-state index in [0.717, 1.165) is 17.8 Å². The predicted molar refractivity (Wildman–Crippen MR) is 98.9 cm³/mol. The monoisotopic (exact) mass is 395 g/mol. The number of nitrogens with one attached hydrogen (secondary N) is 2. The number of carbonyl (C=O) groups is 3. The van der Waals surface area contributed by atoms with E-state index in [-0.39, 0.29) is 28.3 Å². The fraction of sp³-hybridized carbons (Fsp3) is 0.471. The Bertz CT molecular complexity index is 933. The number of aromatic amines is 1. The van der Waals surface area contributed by atoms with Gasteiger partial charge in [0, 0.05) is 11.6 Å². The van der Waals surface area contributed by atoms with E-state index in [9.17, 15) is 19.2 Å². The lowest BCUT2D eigenvalue weighted by atomic mass is 10.1. The minimum absolute atomic E-state index is 0.0316. The van der Waals surface area contributed by atoms with Gasteiger partial charge in [0.25, 0.3) is 11.5 Å². The molecule has 27 heavy (non-hydrogen) atoms. The number of hydrogen-bond acceptors (Lipinski definition) is 8. The fourth-order valence-corrected chi connectivity index (χ4v) is 3.52. The number of thiophene rings is 1. The number of aryl methyl sites for hydroxylation is 1. The molecule has 0 saturated carbocycles. The van der Waals surface area contributed by atoms with Crippen molar-refractivity contribution >= 4 is 39.4 Å². The SMILES string of the molecule is CC[C@H](C)NC(=O)COC(=O)Cc1c(C(=O)OC)sc2nc(C)[nH]c(=O)c12. The van der Waals surface area contributed by atoms with E-state index in [1.807, 2.05) is 13.8 Å². The maximum atomic E-state index is 12.3. The minimum atomic E-state index is -0.737. The molecule has 0 radical (unpaired) electrons. The molecule has 0 fully saturated rings. The van der Waals surface area contributed by atoms with Gasteiger partial charge in [0.05, 0.1) is 18.9 Å². The summed E-state index contributed by atoms with van der Waals surface area (Å²) in [6, 6.07) is -0.0316. The Morgan fingerprint density at radius 1 is 1.33 bits per heavy atom. The van der Waals surface area contributed by atoms with Crippen molar-refractivity contribution in [2.24, 2.45) is 0 Å². The van der Waals surface area contributed by atoms with Gasteiger partial charge < -0.3 is 19.8 Å². The van der Waals surface area contributed by atoms with Crippen LogP contribution in [0, 0.1) is 6.92 Å². The zero-order valence-electron chi connectivity index (χ0n) is 15.5. The van der Waals surface area contributed by atoms with E-state index < -0.39 is 30.0 Å². The predicted octanol–water partition coefficient (Wildman–Crippen LogP) is 1.08. The standard InChI is InChI=1S/C17H21N3O6S/c1-5-8(2)18-11(21)7-26-12(22)6-10-13-15(23)19-9(3)20-16(13)27-14(10)17(24)25-4/h8H,5-7H2,1-4H3,(H,18,21)(H,19,20,23)/t8-/m0/s1. The lowest BCUT2D eigenvalue weighted by molar-refractivity contribution is -0.148. The first kappa shape index (κ1) is 20.6. The molecule has 0 aliphatic rings. The van der Waals surface area contributed by atoms with Crippen LogP contribution in [0.2, 0.25) is 0 Å². The Labute approximate surface area is 159 Å². The third-order valence-corrected chi connectivity index (χ3v) is 4.96. The van der Waals surface area contributed by atoms with E-state index >= 15 is 0 Å². The molecule has 10 heteroatoms. The largest absolute Gasteiger partial charge is 0.465 e. The van der Waals surface area contributed by atoms with Gasteiger partial charge in [-0.25, -0.2) is 9.78 Å². The van der Waals surface area contributed by atoms with E-state index in [1.165, 1.54) is 7.11 Å². The number of aromatic nitrogens is 2. The van der Waals surface area contributed by atoms with Gasteiger partial charge in [-0.3, -0.25) is 14.4 Å². The molecule has 0 aromatic carbocycles. The highest BCUT2D eigenvalue weighted by atomic mass is 32.1. The van der Waals surface area contributed by atoms with Crippen molar-refractivity contribution < 1.29 is 23.9 Å². The second-order valence-electron chi connectivity index (χ2n) is 5.95. The van der Waals surface area contributed by atoms with Crippen molar-refractivity contribution in [2.75, 3.05) is 13.7 Å². The van der Waals surface area contributed by atoms with E-state index in [1.54, 1.807) is 6.92 Å². The molecule has 0 unspecified atom stereocenters. The number of esters is 2. The molecule has 1 atom stereocenters. The number of carbonyl (C=O) groups excluding carboxylic acids is 3. The van der Waals surface area contributed by atoms with Crippen LogP contribution in [0.3, 0.4) is 0 Å². The first-order valence-corrected chi connectivity index (χ1v) is 9.14. The van der Waals surface area contributed by atoms with Crippen molar-refractivity contribution in [1.82, 2.24) is 15.3 Å². The molecule has 2 rings (SSSR count). The Balaban J connectivity index is 2.24. The summed E-state index contributed by atoms with van der Waals surface area (Å²) in [4.78, 5) is 55.4. The highest BCUT2D eigenvalue weighted by Crippen LogP contribution is 2.29. The molecule has 146 valence electrons. The summed E-state index contributed by atoms with van der Waals surface area (Å²) >= 11 is 0.970. The maximum absolute atomic E-state index is 12.3. The second kappa shape index (κ2) is 8.76. The van der Waals surface area contributed by atoms with Crippen molar-refractivity contribution in [3.63, 3.8) is 0 Å². The fourth-order valence-electron chi connectivity index (χ4n) is 2.36. The average molecular weight is 395 g/mol. The zero-order chi connectivity index (χ0) is 20.1. The van der Waals surface area contributed by atoms with Crippen molar-refractivity contribution in [1.29, 1.82) is 0 Å². The number of methoxy groups -OCH3 is 1. The number of H-pyrrole nitrogens is 1. The van der Waals surface area contributed by atoms with Crippen LogP contribution in [-0.4, -0.2) is 47.6 Å². The molecule has 0 saturated heterocycles. The Kier molecular flexibility index (Phi) is 6.67. The molecule has 0 bridgehead atoms. The first-order valence-electron chi connectivity index (χ1n) is 8.32. The number of nitrogens with zero attached hydrogens (tertiary/aromatic N) is 1. The summed E-state index contributed by atoms with van der Waals surface area (Å²) in [7, 11) is 1.21. The van der Waals surface area contributed by atoms with Gasteiger partial charge in [0.1, 0.15) is 15.5 Å². The lowest BCUT2D eigenvalue weighted by Crippen LogP contribution is -2.35. The van der Waals surface area contributed by atoms with Gasteiger partial charge in [0.15, 0.2) is 6.61 Å². The highest BCUT2D eigenvalue weighted by Gasteiger charge is 2.25. The Morgan fingerprint density at radius 3 is 2.67 bits per heavy atom. The minimum Gasteiger partial charge on any atom is -0.465 e. The number of amides is 1. The molecule has 2 aromatic rings. The molecule has 9 nitrogen and oxygen atoms in total. The van der Waals surface area contributed by atoms with Crippen LogP contribution in [0.25, 0.3) is 10.2 Å². The van der Waals surface area contributed by atoms with Crippen LogP contribution in [0.1, 0.15) is 41.3 Å². The van der Waals surface area contributed by atoms with Gasteiger partial charge >= 0.3 is 11.9 Å². The third-order valence-electron chi connectivity index (χ3n) is 3.86. The number of rotatable bonds is 7. The number of hydrogen-bond donors (Lipinski definition) is 2. The second-order valence-corrected chi connectivity index (χ2v) is 6.95. The summed E-state index contributed by atoms with van der Waals surface area (Å²) in [5, 5.41) is 2.82. The molecule has 0 aliphatic carbocycles. The van der Waals surface area contributed by atoms with Crippen molar-refractivity contribution in [2.45, 2.75) is 39.7 Å². The molecular formula is C17H21N3O6S. The smallest absolute Gasteiger partial charge is 0.348 e. The molecule has 2 aromatic heterocycles. The van der Waals surface area contributed by atoms with Gasteiger partial charge in [-0.1, -0.05) is 6.92 Å². The topological polar surface area (TPSA) is 127 Å². The first-order chi connectivity index (χ1) is 12.8. The van der Waals surface area contributed by atoms with E-state index in [0.29, 0.717) is 10.7 Å². The van der Waals surface area contributed by atoms with Gasteiger partial charge in [0.2, 0.25) is 0 Å². The van der Waals surface area contributed by atoms with Gasteiger partial charge in [-0.15, -0.1) is 11.3 Å². The van der Waals surface area contributed by atoms with Crippen LogP contribution in [0.4, 0.5) is 0 Å². The van der Waals surface area contributed by atoms with E-state index in [4.69, 9.17) is 9.47 Å². The summed E-state index contributed by atoms with van der Waals surface area (Å²) in [5.41, 5.74) is -0.274. The van der Waals surface area contributed by atoms with Gasteiger partial charge in [-0.05, 0) is 20.3 Å². The lowest BCUT2D eigenvalue weighted by Gasteiger charge is -2.11. The summed E-state index contributed by atoms with van der Waals surface area (Å²) in [6.45, 7) is 4.93. The van der Waals surface area contributed by atoms with Crippen LogP contribution in [0.15, 0.2) is 4.79 Å². The Morgan fingerprint density at radius 2 is 2.04 bits per heavy atom. The normalized spacial score (nSPS) is 11.9. The molecule has 2 N–H and O–H groups in total. The van der Waals surface area contributed by atoms with Crippen LogP contribution in [0.5, 0.6) is 0 Å². The van der Waals surface area contributed by atoms with Crippen molar-refractivity contribution in [3.8, 4) is 0 Å². The maximum Gasteiger partial charge on any atom is 0.348 e.